The summed E-state index contributed by atoms with van der Waals surface area (Å²) in [5.41, 5.74) is 1.15. The third kappa shape index (κ3) is 2.68. The summed E-state index contributed by atoms with van der Waals surface area (Å²) in [6, 6.07) is 4.63. The summed E-state index contributed by atoms with van der Waals surface area (Å²) < 4.78 is 0. The van der Waals surface area contributed by atoms with Crippen molar-refractivity contribution in [1.29, 1.82) is 0 Å². The minimum Gasteiger partial charge on any atom is -0.383 e. The number of hydrogen-bond acceptors (Lipinski definition) is 5. The van der Waals surface area contributed by atoms with Gasteiger partial charge in [0.1, 0.15) is 11.4 Å². The lowest BCUT2D eigenvalue weighted by atomic mass is 10.1. The molecule has 1 aromatic rings. The van der Waals surface area contributed by atoms with E-state index < -0.39 is 4.92 Å². The number of nitro groups is 1. The molecule has 1 heterocycles. The molecule has 0 saturated carbocycles. The maximum atomic E-state index is 11.5. The summed E-state index contributed by atoms with van der Waals surface area (Å²) >= 11 is 4.79. The van der Waals surface area contributed by atoms with Crippen LogP contribution >= 0.6 is 12.2 Å². The fourth-order valence-corrected chi connectivity index (χ4v) is 1.85. The smallest absolute Gasteiger partial charge is 0.292 e. The number of amides is 1. The molecule has 0 bridgehead atoms. The molecule has 0 spiro atoms. The molecule has 19 heavy (non-hydrogen) atoms. The lowest BCUT2D eigenvalue weighted by Crippen LogP contribution is -2.21. The average Bonchev–Trinajstić information content (AvgIpc) is 2.67. The van der Waals surface area contributed by atoms with Gasteiger partial charge in [-0.05, 0) is 29.9 Å². The quantitative estimate of drug-likeness (QED) is 0.330. The van der Waals surface area contributed by atoms with Crippen molar-refractivity contribution < 1.29 is 9.72 Å². The zero-order valence-electron chi connectivity index (χ0n) is 9.89. The number of carbonyl (C=O) groups excluding carboxylic acids is 1. The Kier molecular flexibility index (Phi) is 3.43. The van der Waals surface area contributed by atoms with Crippen LogP contribution in [0.15, 0.2) is 23.9 Å². The van der Waals surface area contributed by atoms with Crippen molar-refractivity contribution in [3.8, 4) is 0 Å². The first-order chi connectivity index (χ1) is 9.01. The number of rotatable bonds is 3. The van der Waals surface area contributed by atoms with E-state index in [2.05, 4.69) is 16.0 Å². The van der Waals surface area contributed by atoms with Gasteiger partial charge in [-0.15, -0.1) is 0 Å². The molecule has 0 aromatic heterocycles. The van der Waals surface area contributed by atoms with Crippen molar-refractivity contribution in [2.24, 2.45) is 0 Å². The van der Waals surface area contributed by atoms with E-state index in [9.17, 15) is 14.9 Å². The van der Waals surface area contributed by atoms with Crippen LogP contribution in [-0.4, -0.2) is 23.0 Å². The molecule has 1 aliphatic heterocycles. The standard InChI is InChI=1S/C11H10N4O3S/c1-12-7-3-2-6(5-9(7)15(17)18)4-8-10(16)14-11(19)13-8/h2-5,12H,1H3,(H2,13,14,16,19)/b8-4-. The predicted molar refractivity (Wildman–Crippen MR) is 74.5 cm³/mol. The van der Waals surface area contributed by atoms with E-state index in [1.54, 1.807) is 19.2 Å². The molecule has 1 fully saturated rings. The maximum absolute atomic E-state index is 11.5. The second-order valence-corrected chi connectivity index (χ2v) is 4.16. The van der Waals surface area contributed by atoms with Gasteiger partial charge >= 0.3 is 0 Å². The average molecular weight is 278 g/mol. The van der Waals surface area contributed by atoms with E-state index in [-0.39, 0.29) is 22.4 Å². The zero-order chi connectivity index (χ0) is 14.0. The summed E-state index contributed by atoms with van der Waals surface area (Å²) in [6.45, 7) is 0. The summed E-state index contributed by atoms with van der Waals surface area (Å²) in [5, 5.41) is 19.0. The van der Waals surface area contributed by atoms with Crippen molar-refractivity contribution in [3.05, 3.63) is 39.6 Å². The number of benzene rings is 1. The fourth-order valence-electron chi connectivity index (χ4n) is 1.65. The number of nitrogens with zero attached hydrogens (tertiary/aromatic N) is 1. The van der Waals surface area contributed by atoms with E-state index in [0.717, 1.165) is 0 Å². The third-order valence-corrected chi connectivity index (χ3v) is 2.72. The van der Waals surface area contributed by atoms with Gasteiger partial charge in [0.25, 0.3) is 11.6 Å². The van der Waals surface area contributed by atoms with Gasteiger partial charge in [-0.2, -0.15) is 0 Å². The van der Waals surface area contributed by atoms with E-state index in [4.69, 9.17) is 12.2 Å². The van der Waals surface area contributed by atoms with Crippen LogP contribution in [0.2, 0.25) is 0 Å². The first-order valence-corrected chi connectivity index (χ1v) is 5.72. The highest BCUT2D eigenvalue weighted by molar-refractivity contribution is 7.80. The molecule has 7 nitrogen and oxygen atoms in total. The summed E-state index contributed by atoms with van der Waals surface area (Å²) in [6.07, 6.45) is 1.50. The van der Waals surface area contributed by atoms with Crippen LogP contribution < -0.4 is 16.0 Å². The normalized spacial score (nSPS) is 16.2. The molecule has 0 aliphatic carbocycles. The van der Waals surface area contributed by atoms with Crippen LogP contribution in [0, 0.1) is 10.1 Å². The van der Waals surface area contributed by atoms with Gasteiger partial charge < -0.3 is 10.6 Å². The molecule has 1 amide bonds. The molecule has 0 radical (unpaired) electrons. The Morgan fingerprint density at radius 1 is 1.42 bits per heavy atom. The Bertz CT molecular complexity index is 612. The van der Waals surface area contributed by atoms with Gasteiger partial charge in [0.15, 0.2) is 5.11 Å². The molecule has 3 N–H and O–H groups in total. The molecular weight excluding hydrogens is 268 g/mol. The molecule has 8 heteroatoms. The van der Waals surface area contributed by atoms with Crippen molar-refractivity contribution >= 4 is 40.7 Å². The van der Waals surface area contributed by atoms with Gasteiger partial charge in [-0.25, -0.2) is 0 Å². The molecule has 1 aliphatic rings. The van der Waals surface area contributed by atoms with Gasteiger partial charge in [0.05, 0.1) is 4.92 Å². The Hall–Kier alpha value is -2.48. The second kappa shape index (κ2) is 5.02. The maximum Gasteiger partial charge on any atom is 0.292 e. The first kappa shape index (κ1) is 13.0. The molecule has 1 aromatic carbocycles. The van der Waals surface area contributed by atoms with Crippen LogP contribution in [0.5, 0.6) is 0 Å². The molecule has 1 saturated heterocycles. The number of carbonyl (C=O) groups is 1. The van der Waals surface area contributed by atoms with Crippen molar-refractivity contribution in [2.75, 3.05) is 12.4 Å². The van der Waals surface area contributed by atoms with Crippen LogP contribution in [-0.2, 0) is 4.79 Å². The van der Waals surface area contributed by atoms with Crippen molar-refractivity contribution in [3.63, 3.8) is 0 Å². The Labute approximate surface area is 113 Å². The number of thiocarbonyl (C=S) groups is 1. The summed E-state index contributed by atoms with van der Waals surface area (Å²) in [7, 11) is 1.60. The van der Waals surface area contributed by atoms with E-state index >= 15 is 0 Å². The lowest BCUT2D eigenvalue weighted by Gasteiger charge is -2.03. The highest BCUT2D eigenvalue weighted by atomic mass is 32.1. The summed E-state index contributed by atoms with van der Waals surface area (Å²) in [5.74, 6) is -0.356. The van der Waals surface area contributed by atoms with Crippen LogP contribution in [0.4, 0.5) is 11.4 Å². The van der Waals surface area contributed by atoms with Gasteiger partial charge in [-0.1, -0.05) is 6.07 Å². The Morgan fingerprint density at radius 2 is 2.16 bits per heavy atom. The zero-order valence-corrected chi connectivity index (χ0v) is 10.7. The Balaban J connectivity index is 2.39. The molecule has 0 unspecified atom stereocenters. The predicted octanol–water partition coefficient (Wildman–Crippen LogP) is 0.982. The van der Waals surface area contributed by atoms with E-state index in [0.29, 0.717) is 11.3 Å². The summed E-state index contributed by atoms with van der Waals surface area (Å²) in [4.78, 5) is 21.9. The number of nitro benzene ring substituents is 1. The number of anilines is 1. The number of hydrogen-bond donors (Lipinski definition) is 3. The van der Waals surface area contributed by atoms with Gasteiger partial charge in [-0.3, -0.25) is 20.2 Å². The monoisotopic (exact) mass is 278 g/mol. The van der Waals surface area contributed by atoms with Gasteiger partial charge in [0.2, 0.25) is 0 Å². The SMILES string of the molecule is CNc1ccc(/C=C2\NC(=S)NC2=O)cc1[N+](=O)[O-]. The van der Waals surface area contributed by atoms with Crippen molar-refractivity contribution in [2.45, 2.75) is 0 Å². The highest BCUT2D eigenvalue weighted by Gasteiger charge is 2.20. The second-order valence-electron chi connectivity index (χ2n) is 3.75. The van der Waals surface area contributed by atoms with Gasteiger partial charge in [0, 0.05) is 13.1 Å². The topological polar surface area (TPSA) is 96.3 Å². The number of nitrogens with one attached hydrogen (secondary N) is 3. The fraction of sp³-hybridized carbons (Fsp3) is 0.0909. The van der Waals surface area contributed by atoms with E-state index in [1.807, 2.05) is 0 Å². The molecule has 0 atom stereocenters. The molecule has 98 valence electrons. The lowest BCUT2D eigenvalue weighted by molar-refractivity contribution is -0.383. The van der Waals surface area contributed by atoms with Crippen LogP contribution in [0.25, 0.3) is 6.08 Å². The minimum absolute atomic E-state index is 0.0576. The third-order valence-electron chi connectivity index (χ3n) is 2.52. The highest BCUT2D eigenvalue weighted by Crippen LogP contribution is 2.26. The van der Waals surface area contributed by atoms with Crippen LogP contribution in [0.1, 0.15) is 5.56 Å². The molecular formula is C11H10N4O3S. The molecule has 2 rings (SSSR count). The van der Waals surface area contributed by atoms with Crippen LogP contribution in [0.3, 0.4) is 0 Å². The van der Waals surface area contributed by atoms with Crippen molar-refractivity contribution in [1.82, 2.24) is 10.6 Å². The largest absolute Gasteiger partial charge is 0.383 e. The minimum atomic E-state index is -0.485. The first-order valence-electron chi connectivity index (χ1n) is 5.31. The van der Waals surface area contributed by atoms with E-state index in [1.165, 1.54) is 12.1 Å². The Morgan fingerprint density at radius 3 is 2.68 bits per heavy atom.